The monoisotopic (exact) mass is 271 g/mol. The first kappa shape index (κ1) is 14.2. The maximum atomic E-state index is 5.97. The van der Waals surface area contributed by atoms with Crippen molar-refractivity contribution in [1.29, 1.82) is 0 Å². The van der Waals surface area contributed by atoms with Gasteiger partial charge in [-0.15, -0.1) is 0 Å². The molecule has 0 saturated heterocycles. The molecule has 1 unspecified atom stereocenters. The van der Waals surface area contributed by atoms with E-state index in [0.717, 1.165) is 22.9 Å². The van der Waals surface area contributed by atoms with E-state index in [1.54, 1.807) is 6.20 Å². The Labute approximate surface area is 119 Å². The van der Waals surface area contributed by atoms with E-state index in [2.05, 4.69) is 41.0 Å². The summed E-state index contributed by atoms with van der Waals surface area (Å²) < 4.78 is 0. The molecule has 0 spiro atoms. The largest absolute Gasteiger partial charge is 0.383 e. The fourth-order valence-corrected chi connectivity index (χ4v) is 1.86. The Morgan fingerprint density at radius 3 is 2.50 bits per heavy atom. The van der Waals surface area contributed by atoms with E-state index in [0.29, 0.717) is 5.82 Å². The summed E-state index contributed by atoms with van der Waals surface area (Å²) in [5, 5.41) is 3.37. The standard InChI is InChI=1S/C15H21N5/c1-9(2)14-19-13(16)10(3)15(20-14)18-11(4)12-7-5-6-8-17-12/h5-9,11H,1-4H3,(H3,16,18,19,20). The van der Waals surface area contributed by atoms with Crippen molar-refractivity contribution < 1.29 is 0 Å². The smallest absolute Gasteiger partial charge is 0.135 e. The van der Waals surface area contributed by atoms with Crippen LogP contribution in [0.4, 0.5) is 11.6 Å². The van der Waals surface area contributed by atoms with Gasteiger partial charge in [-0.2, -0.15) is 0 Å². The number of aromatic nitrogens is 3. The lowest BCUT2D eigenvalue weighted by atomic mass is 10.1. The number of anilines is 2. The molecule has 0 aromatic carbocycles. The lowest BCUT2D eigenvalue weighted by molar-refractivity contribution is 0.764. The average molecular weight is 271 g/mol. The Bertz CT molecular complexity index is 580. The van der Waals surface area contributed by atoms with Gasteiger partial charge < -0.3 is 11.1 Å². The Morgan fingerprint density at radius 1 is 1.15 bits per heavy atom. The van der Waals surface area contributed by atoms with Crippen LogP contribution in [-0.4, -0.2) is 15.0 Å². The molecule has 0 saturated carbocycles. The molecule has 0 aliphatic carbocycles. The van der Waals surface area contributed by atoms with Crippen molar-refractivity contribution >= 4 is 11.6 Å². The highest BCUT2D eigenvalue weighted by atomic mass is 15.1. The summed E-state index contributed by atoms with van der Waals surface area (Å²) in [6, 6.07) is 5.92. The second kappa shape index (κ2) is 5.86. The van der Waals surface area contributed by atoms with Crippen molar-refractivity contribution in [3.05, 3.63) is 41.5 Å². The van der Waals surface area contributed by atoms with Crippen molar-refractivity contribution in [2.45, 2.75) is 39.7 Å². The van der Waals surface area contributed by atoms with E-state index in [4.69, 9.17) is 5.73 Å². The molecule has 106 valence electrons. The minimum atomic E-state index is 0.0595. The van der Waals surface area contributed by atoms with Crippen molar-refractivity contribution in [3.63, 3.8) is 0 Å². The van der Waals surface area contributed by atoms with Gasteiger partial charge in [0, 0.05) is 17.7 Å². The lowest BCUT2D eigenvalue weighted by Gasteiger charge is -2.18. The minimum Gasteiger partial charge on any atom is -0.383 e. The van der Waals surface area contributed by atoms with Crippen LogP contribution in [-0.2, 0) is 0 Å². The summed E-state index contributed by atoms with van der Waals surface area (Å²) in [5.74, 6) is 2.30. The van der Waals surface area contributed by atoms with Gasteiger partial charge in [0.15, 0.2) is 0 Å². The van der Waals surface area contributed by atoms with Gasteiger partial charge in [-0.25, -0.2) is 9.97 Å². The van der Waals surface area contributed by atoms with E-state index in [1.165, 1.54) is 0 Å². The number of rotatable bonds is 4. The third-order valence-corrected chi connectivity index (χ3v) is 3.20. The summed E-state index contributed by atoms with van der Waals surface area (Å²) in [7, 11) is 0. The first-order valence-electron chi connectivity index (χ1n) is 6.80. The molecule has 5 heteroatoms. The van der Waals surface area contributed by atoms with Gasteiger partial charge >= 0.3 is 0 Å². The van der Waals surface area contributed by atoms with Gasteiger partial charge in [-0.3, -0.25) is 4.98 Å². The lowest BCUT2D eigenvalue weighted by Crippen LogP contribution is -2.14. The van der Waals surface area contributed by atoms with Crippen LogP contribution in [0.15, 0.2) is 24.4 Å². The van der Waals surface area contributed by atoms with Crippen LogP contribution in [0.2, 0.25) is 0 Å². The summed E-state index contributed by atoms with van der Waals surface area (Å²) in [5.41, 5.74) is 7.81. The maximum absolute atomic E-state index is 5.97. The molecule has 1 atom stereocenters. The second-order valence-electron chi connectivity index (χ2n) is 5.22. The van der Waals surface area contributed by atoms with Crippen LogP contribution in [0, 0.1) is 6.92 Å². The average Bonchev–Trinajstić information content (AvgIpc) is 2.44. The molecular formula is C15H21N5. The zero-order valence-corrected chi connectivity index (χ0v) is 12.4. The summed E-state index contributed by atoms with van der Waals surface area (Å²) in [4.78, 5) is 13.2. The highest BCUT2D eigenvalue weighted by Gasteiger charge is 2.14. The van der Waals surface area contributed by atoms with Crippen LogP contribution < -0.4 is 11.1 Å². The molecule has 2 aromatic heterocycles. The molecule has 0 aliphatic rings. The number of nitrogens with two attached hydrogens (primary N) is 1. The zero-order valence-electron chi connectivity index (χ0n) is 12.4. The predicted molar refractivity (Wildman–Crippen MR) is 81.5 cm³/mol. The number of nitrogen functional groups attached to an aromatic ring is 1. The first-order chi connectivity index (χ1) is 9.49. The van der Waals surface area contributed by atoms with Crippen LogP contribution in [0.25, 0.3) is 0 Å². The molecule has 20 heavy (non-hydrogen) atoms. The van der Waals surface area contributed by atoms with Crippen LogP contribution >= 0.6 is 0 Å². The summed E-state index contributed by atoms with van der Waals surface area (Å²) >= 11 is 0. The van der Waals surface area contributed by atoms with E-state index < -0.39 is 0 Å². The van der Waals surface area contributed by atoms with Crippen LogP contribution in [0.3, 0.4) is 0 Å². The van der Waals surface area contributed by atoms with E-state index in [-0.39, 0.29) is 12.0 Å². The van der Waals surface area contributed by atoms with E-state index in [9.17, 15) is 0 Å². The molecule has 0 aliphatic heterocycles. The van der Waals surface area contributed by atoms with Crippen molar-refractivity contribution in [2.75, 3.05) is 11.1 Å². The number of nitrogens with zero attached hydrogens (tertiary/aromatic N) is 3. The Balaban J connectivity index is 2.29. The SMILES string of the molecule is Cc1c(N)nc(C(C)C)nc1NC(C)c1ccccn1. The van der Waals surface area contributed by atoms with E-state index >= 15 is 0 Å². The second-order valence-corrected chi connectivity index (χ2v) is 5.22. The topological polar surface area (TPSA) is 76.7 Å². The molecule has 0 bridgehead atoms. The fourth-order valence-electron chi connectivity index (χ4n) is 1.86. The first-order valence-corrected chi connectivity index (χ1v) is 6.80. The third-order valence-electron chi connectivity index (χ3n) is 3.20. The van der Waals surface area contributed by atoms with Crippen LogP contribution in [0.5, 0.6) is 0 Å². The molecule has 2 heterocycles. The van der Waals surface area contributed by atoms with Crippen LogP contribution in [0.1, 0.15) is 49.8 Å². The molecule has 0 amide bonds. The van der Waals surface area contributed by atoms with Crippen molar-refractivity contribution in [2.24, 2.45) is 0 Å². The number of hydrogen-bond donors (Lipinski definition) is 2. The molecule has 0 radical (unpaired) electrons. The molecular weight excluding hydrogens is 250 g/mol. The van der Waals surface area contributed by atoms with Gasteiger partial charge in [0.2, 0.25) is 0 Å². The third kappa shape index (κ3) is 3.04. The number of hydrogen-bond acceptors (Lipinski definition) is 5. The Morgan fingerprint density at radius 2 is 1.90 bits per heavy atom. The quantitative estimate of drug-likeness (QED) is 0.893. The molecule has 5 nitrogen and oxygen atoms in total. The van der Waals surface area contributed by atoms with E-state index in [1.807, 2.05) is 25.1 Å². The predicted octanol–water partition coefficient (Wildman–Crippen LogP) is 3.06. The van der Waals surface area contributed by atoms with Gasteiger partial charge in [-0.05, 0) is 26.0 Å². The van der Waals surface area contributed by atoms with Gasteiger partial charge in [0.25, 0.3) is 0 Å². The van der Waals surface area contributed by atoms with Crippen molar-refractivity contribution in [1.82, 2.24) is 15.0 Å². The van der Waals surface area contributed by atoms with Gasteiger partial charge in [0.05, 0.1) is 11.7 Å². The zero-order chi connectivity index (χ0) is 14.7. The summed E-state index contributed by atoms with van der Waals surface area (Å²) in [6.45, 7) is 8.08. The molecule has 2 rings (SSSR count). The molecule has 2 aromatic rings. The Hall–Kier alpha value is -2.17. The minimum absolute atomic E-state index is 0.0595. The normalized spacial score (nSPS) is 12.4. The highest BCUT2D eigenvalue weighted by Crippen LogP contribution is 2.24. The molecule has 3 N–H and O–H groups in total. The number of nitrogens with one attached hydrogen (secondary N) is 1. The van der Waals surface area contributed by atoms with Gasteiger partial charge in [0.1, 0.15) is 17.5 Å². The Kier molecular flexibility index (Phi) is 4.17. The van der Waals surface area contributed by atoms with Gasteiger partial charge in [-0.1, -0.05) is 19.9 Å². The summed E-state index contributed by atoms with van der Waals surface area (Å²) in [6.07, 6.45) is 1.79. The number of pyridine rings is 1. The molecule has 0 fully saturated rings. The highest BCUT2D eigenvalue weighted by molar-refractivity contribution is 5.55. The fraction of sp³-hybridized carbons (Fsp3) is 0.400. The maximum Gasteiger partial charge on any atom is 0.135 e. The van der Waals surface area contributed by atoms with Crippen molar-refractivity contribution in [3.8, 4) is 0 Å².